The van der Waals surface area contributed by atoms with Crippen molar-refractivity contribution in [3.63, 3.8) is 0 Å². The molecule has 0 aliphatic carbocycles. The maximum atomic E-state index is 3.81. The van der Waals surface area contributed by atoms with Crippen LogP contribution in [0, 0.1) is 0 Å². The molecule has 1 aromatic heterocycles. The minimum Gasteiger partial charge on any atom is -0.353 e. The number of H-pyrrole nitrogens is 1. The summed E-state index contributed by atoms with van der Waals surface area (Å²) in [6.07, 6.45) is 0. The molecule has 32 heavy (non-hydrogen) atoms. The average Bonchev–Trinajstić information content (AvgIpc) is 3.25. The first-order chi connectivity index (χ1) is 15.9. The van der Waals surface area contributed by atoms with E-state index in [1.807, 2.05) is 0 Å². The van der Waals surface area contributed by atoms with E-state index in [-0.39, 0.29) is 0 Å². The van der Waals surface area contributed by atoms with Crippen LogP contribution >= 0.6 is 0 Å². The molecule has 0 amide bonds. The van der Waals surface area contributed by atoms with Crippen molar-refractivity contribution in [3.05, 3.63) is 121 Å². The number of hydrogen-bond acceptors (Lipinski definition) is 1. The van der Waals surface area contributed by atoms with Crippen molar-refractivity contribution in [3.8, 4) is 22.3 Å². The van der Waals surface area contributed by atoms with Crippen molar-refractivity contribution in [2.24, 2.45) is 0 Å². The molecular weight excluding hydrogens is 388 g/mol. The number of fused-ring (bicyclic) bond motifs is 3. The van der Waals surface area contributed by atoms with Crippen molar-refractivity contribution >= 4 is 33.2 Å². The maximum Gasteiger partial charge on any atom is 0.0710 e. The molecular formula is C30H22N2. The van der Waals surface area contributed by atoms with Gasteiger partial charge in [0.25, 0.3) is 0 Å². The first-order valence-corrected chi connectivity index (χ1v) is 10.9. The second-order valence-electron chi connectivity index (χ2n) is 7.98. The Bertz CT molecular complexity index is 1530. The number of para-hydroxylation sites is 2. The molecule has 2 nitrogen and oxygen atoms in total. The Morgan fingerprint density at radius 1 is 0.469 bits per heavy atom. The van der Waals surface area contributed by atoms with E-state index in [0.717, 1.165) is 22.4 Å². The third kappa shape index (κ3) is 3.14. The molecule has 0 saturated carbocycles. The lowest BCUT2D eigenvalue weighted by Crippen LogP contribution is -1.97. The van der Waals surface area contributed by atoms with Crippen LogP contribution in [0.4, 0.5) is 11.4 Å². The molecule has 2 heteroatoms. The summed E-state index contributed by atoms with van der Waals surface area (Å²) in [4.78, 5) is 3.67. The molecule has 0 saturated heterocycles. The zero-order valence-electron chi connectivity index (χ0n) is 17.5. The van der Waals surface area contributed by atoms with Gasteiger partial charge in [-0.3, -0.25) is 0 Å². The Labute approximate surface area is 187 Å². The van der Waals surface area contributed by atoms with Gasteiger partial charge in [-0.2, -0.15) is 0 Å². The third-order valence-corrected chi connectivity index (χ3v) is 6.04. The van der Waals surface area contributed by atoms with E-state index in [4.69, 9.17) is 0 Å². The molecule has 1 heterocycles. The molecule has 6 aromatic rings. The van der Waals surface area contributed by atoms with Gasteiger partial charge in [0.15, 0.2) is 0 Å². The smallest absolute Gasteiger partial charge is 0.0710 e. The van der Waals surface area contributed by atoms with Gasteiger partial charge in [-0.25, -0.2) is 0 Å². The molecule has 0 radical (unpaired) electrons. The van der Waals surface area contributed by atoms with Crippen LogP contribution in [0.5, 0.6) is 0 Å². The van der Waals surface area contributed by atoms with Gasteiger partial charge >= 0.3 is 0 Å². The van der Waals surface area contributed by atoms with Crippen molar-refractivity contribution in [2.75, 3.05) is 5.32 Å². The lowest BCUT2D eigenvalue weighted by atomic mass is 9.99. The highest BCUT2D eigenvalue weighted by atomic mass is 14.9. The minimum atomic E-state index is 1.09. The number of benzene rings is 5. The van der Waals surface area contributed by atoms with E-state index in [0.29, 0.717) is 0 Å². The van der Waals surface area contributed by atoms with Gasteiger partial charge < -0.3 is 10.3 Å². The molecule has 6 rings (SSSR count). The molecule has 2 N–H and O–H groups in total. The van der Waals surface area contributed by atoms with Gasteiger partial charge in [-0.1, -0.05) is 109 Å². The van der Waals surface area contributed by atoms with E-state index in [2.05, 4.69) is 132 Å². The first kappa shape index (κ1) is 18.5. The number of aromatic amines is 1. The molecule has 0 fully saturated rings. The van der Waals surface area contributed by atoms with E-state index in [1.54, 1.807) is 0 Å². The van der Waals surface area contributed by atoms with Crippen LogP contribution in [0.15, 0.2) is 121 Å². The van der Waals surface area contributed by atoms with Gasteiger partial charge in [-0.15, -0.1) is 0 Å². The largest absolute Gasteiger partial charge is 0.353 e. The Kier molecular flexibility index (Phi) is 4.47. The van der Waals surface area contributed by atoms with Gasteiger partial charge in [0.1, 0.15) is 0 Å². The Hall–Kier alpha value is -4.30. The number of aromatic nitrogens is 1. The zero-order valence-corrected chi connectivity index (χ0v) is 17.5. The zero-order chi connectivity index (χ0) is 21.3. The molecule has 5 aromatic carbocycles. The van der Waals surface area contributed by atoms with Crippen LogP contribution in [-0.2, 0) is 0 Å². The lowest BCUT2D eigenvalue weighted by molar-refractivity contribution is 1.50. The highest BCUT2D eigenvalue weighted by Gasteiger charge is 2.15. The molecule has 152 valence electrons. The highest BCUT2D eigenvalue weighted by molar-refractivity contribution is 6.14. The van der Waals surface area contributed by atoms with Crippen LogP contribution in [-0.4, -0.2) is 4.98 Å². The quantitative estimate of drug-likeness (QED) is 0.300. The molecule has 0 aliphatic heterocycles. The third-order valence-electron chi connectivity index (χ3n) is 6.04. The monoisotopic (exact) mass is 410 g/mol. The van der Waals surface area contributed by atoms with E-state index >= 15 is 0 Å². The summed E-state index contributed by atoms with van der Waals surface area (Å²) >= 11 is 0. The van der Waals surface area contributed by atoms with Crippen molar-refractivity contribution in [1.82, 2.24) is 4.98 Å². The van der Waals surface area contributed by atoms with Crippen LogP contribution in [0.1, 0.15) is 0 Å². The summed E-state index contributed by atoms with van der Waals surface area (Å²) in [6.45, 7) is 0. The van der Waals surface area contributed by atoms with Gasteiger partial charge in [0.2, 0.25) is 0 Å². The summed E-state index contributed by atoms with van der Waals surface area (Å²) < 4.78 is 0. The second kappa shape index (κ2) is 7.75. The summed E-state index contributed by atoms with van der Waals surface area (Å²) in [5.41, 5.74) is 9.18. The fourth-order valence-electron chi connectivity index (χ4n) is 4.50. The van der Waals surface area contributed by atoms with E-state index < -0.39 is 0 Å². The van der Waals surface area contributed by atoms with Crippen molar-refractivity contribution in [1.29, 1.82) is 0 Å². The number of anilines is 2. The summed E-state index contributed by atoms with van der Waals surface area (Å²) in [5, 5.41) is 6.27. The lowest BCUT2D eigenvalue weighted by Gasteiger charge is -2.17. The molecule has 0 bridgehead atoms. The van der Waals surface area contributed by atoms with E-state index in [9.17, 15) is 0 Å². The number of hydrogen-bond donors (Lipinski definition) is 2. The average molecular weight is 411 g/mol. The van der Waals surface area contributed by atoms with Gasteiger partial charge in [-0.05, 0) is 23.3 Å². The Morgan fingerprint density at radius 2 is 1.09 bits per heavy atom. The number of nitrogens with one attached hydrogen (secondary N) is 2. The molecule has 0 aliphatic rings. The standard InChI is InChI=1S/C30H22N2/c1-3-11-21(12-4-1)23-15-7-9-17-27(23)31-29-24(22-13-5-2-6-14-22)19-20-26-25-16-8-10-18-28(25)32-30(26)29/h1-20,31-32H. The first-order valence-electron chi connectivity index (χ1n) is 10.9. The fourth-order valence-corrected chi connectivity index (χ4v) is 4.50. The van der Waals surface area contributed by atoms with Crippen molar-refractivity contribution in [2.45, 2.75) is 0 Å². The summed E-state index contributed by atoms with van der Waals surface area (Å²) in [6, 6.07) is 42.5. The van der Waals surface area contributed by atoms with Gasteiger partial charge in [0.05, 0.1) is 11.2 Å². The minimum absolute atomic E-state index is 1.09. The van der Waals surface area contributed by atoms with Gasteiger partial charge in [0, 0.05) is 33.1 Å². The van der Waals surface area contributed by atoms with Crippen LogP contribution in [0.25, 0.3) is 44.1 Å². The molecule has 0 spiro atoms. The Balaban J connectivity index is 1.60. The molecule has 0 unspecified atom stereocenters. The SMILES string of the molecule is c1ccc(-c2ccccc2Nc2c(-c3ccccc3)ccc3c2[nH]c2ccccc23)cc1. The maximum absolute atomic E-state index is 3.81. The predicted octanol–water partition coefficient (Wildman–Crippen LogP) is 8.40. The topological polar surface area (TPSA) is 27.8 Å². The highest BCUT2D eigenvalue weighted by Crippen LogP contribution is 2.41. The normalized spacial score (nSPS) is 11.1. The van der Waals surface area contributed by atoms with Crippen molar-refractivity contribution < 1.29 is 0 Å². The summed E-state index contributed by atoms with van der Waals surface area (Å²) in [7, 11) is 0. The predicted molar refractivity (Wildman–Crippen MR) is 136 cm³/mol. The number of rotatable bonds is 4. The Morgan fingerprint density at radius 3 is 1.88 bits per heavy atom. The van der Waals surface area contributed by atoms with E-state index in [1.165, 1.54) is 33.0 Å². The fraction of sp³-hybridized carbons (Fsp3) is 0. The van der Waals surface area contributed by atoms with Crippen LogP contribution in [0.3, 0.4) is 0 Å². The van der Waals surface area contributed by atoms with Crippen LogP contribution < -0.4 is 5.32 Å². The second-order valence-corrected chi connectivity index (χ2v) is 7.98. The molecule has 0 atom stereocenters. The van der Waals surface area contributed by atoms with Crippen LogP contribution in [0.2, 0.25) is 0 Å². The summed E-state index contributed by atoms with van der Waals surface area (Å²) in [5.74, 6) is 0.